The fourth-order valence-corrected chi connectivity index (χ4v) is 1.56. The van der Waals surface area contributed by atoms with Gasteiger partial charge in [0, 0.05) is 12.1 Å². The molecule has 1 heterocycles. The molecule has 0 saturated heterocycles. The molecule has 7 heteroatoms. The number of H-pyrrole nitrogens is 1. The van der Waals surface area contributed by atoms with E-state index in [0.717, 1.165) is 0 Å². The molecule has 0 radical (unpaired) electrons. The quantitative estimate of drug-likeness (QED) is 0.719. The van der Waals surface area contributed by atoms with Crippen LogP contribution in [-0.4, -0.2) is 21.3 Å². The second kappa shape index (κ2) is 5.55. The van der Waals surface area contributed by atoms with Crippen LogP contribution in [0.5, 0.6) is 5.75 Å². The Balaban J connectivity index is 2.15. The topological polar surface area (TPSA) is 88.8 Å². The minimum absolute atomic E-state index is 0.111. The molecule has 0 aliphatic heterocycles. The molecule has 0 unspecified atom stereocenters. The molecular formula is C12H16FN5O. The third-order valence-corrected chi connectivity index (χ3v) is 2.38. The van der Waals surface area contributed by atoms with Crippen molar-refractivity contribution in [3.63, 3.8) is 0 Å². The van der Waals surface area contributed by atoms with Gasteiger partial charge in [0.15, 0.2) is 11.6 Å². The third-order valence-electron chi connectivity index (χ3n) is 2.38. The number of rotatable bonds is 5. The molecular weight excluding hydrogens is 249 g/mol. The summed E-state index contributed by atoms with van der Waals surface area (Å²) in [7, 11) is 0. The highest BCUT2D eigenvalue weighted by Crippen LogP contribution is 2.29. The molecule has 1 aromatic carbocycles. The summed E-state index contributed by atoms with van der Waals surface area (Å²) in [5.41, 5.74) is 6.66. The Kier molecular flexibility index (Phi) is 3.84. The monoisotopic (exact) mass is 265 g/mol. The largest absolute Gasteiger partial charge is 0.488 e. The van der Waals surface area contributed by atoms with E-state index in [9.17, 15) is 4.39 Å². The zero-order chi connectivity index (χ0) is 13.8. The Morgan fingerprint density at radius 3 is 2.89 bits per heavy atom. The van der Waals surface area contributed by atoms with Crippen LogP contribution >= 0.6 is 0 Å². The smallest absolute Gasteiger partial charge is 0.167 e. The van der Waals surface area contributed by atoms with Crippen LogP contribution in [0.2, 0.25) is 0 Å². The van der Waals surface area contributed by atoms with Gasteiger partial charge in [-0.05, 0) is 13.8 Å². The normalized spacial score (nSPS) is 10.7. The van der Waals surface area contributed by atoms with Gasteiger partial charge in [-0.3, -0.25) is 5.10 Å². The van der Waals surface area contributed by atoms with Crippen LogP contribution < -0.4 is 15.8 Å². The number of hydrogen-bond donors (Lipinski definition) is 3. The highest BCUT2D eigenvalue weighted by Gasteiger charge is 2.10. The van der Waals surface area contributed by atoms with Gasteiger partial charge in [0.1, 0.15) is 12.2 Å². The van der Waals surface area contributed by atoms with E-state index in [2.05, 4.69) is 20.5 Å². The Labute approximate surface area is 110 Å². The average molecular weight is 265 g/mol. The number of ether oxygens (including phenoxy) is 1. The molecule has 6 nitrogen and oxygen atoms in total. The summed E-state index contributed by atoms with van der Waals surface area (Å²) in [5.74, 6) is 0.357. The first-order chi connectivity index (χ1) is 9.06. The Hall–Kier alpha value is -2.31. The van der Waals surface area contributed by atoms with Crippen molar-refractivity contribution in [1.29, 1.82) is 0 Å². The molecule has 2 aromatic rings. The maximum absolute atomic E-state index is 13.6. The Morgan fingerprint density at radius 2 is 2.26 bits per heavy atom. The summed E-state index contributed by atoms with van der Waals surface area (Å²) < 4.78 is 19.0. The van der Waals surface area contributed by atoms with E-state index < -0.39 is 5.82 Å². The van der Waals surface area contributed by atoms with E-state index >= 15 is 0 Å². The predicted molar refractivity (Wildman–Crippen MR) is 70.3 cm³/mol. The fraction of sp³-hybridized carbons (Fsp3) is 0.333. The lowest BCUT2D eigenvalue weighted by Crippen LogP contribution is -2.09. The van der Waals surface area contributed by atoms with Crippen molar-refractivity contribution < 1.29 is 9.13 Å². The fourth-order valence-electron chi connectivity index (χ4n) is 1.56. The lowest BCUT2D eigenvalue weighted by atomic mass is 10.2. The van der Waals surface area contributed by atoms with Crippen molar-refractivity contribution in [2.24, 2.45) is 0 Å². The number of aromatic nitrogens is 3. The number of nitrogens with one attached hydrogen (secondary N) is 2. The van der Waals surface area contributed by atoms with Crippen LogP contribution in [0.4, 0.5) is 15.8 Å². The number of aromatic amines is 1. The van der Waals surface area contributed by atoms with Gasteiger partial charge in [0.25, 0.3) is 0 Å². The second-order valence-electron chi connectivity index (χ2n) is 4.32. The number of nitrogen functional groups attached to an aromatic ring is 1. The van der Waals surface area contributed by atoms with Gasteiger partial charge < -0.3 is 15.8 Å². The lowest BCUT2D eigenvalue weighted by molar-refractivity contribution is 0.231. The first-order valence-corrected chi connectivity index (χ1v) is 5.90. The molecule has 102 valence electrons. The van der Waals surface area contributed by atoms with E-state index in [1.54, 1.807) is 6.07 Å². The van der Waals surface area contributed by atoms with Crippen LogP contribution in [0.15, 0.2) is 18.5 Å². The van der Waals surface area contributed by atoms with Crippen molar-refractivity contribution in [3.8, 4) is 5.75 Å². The molecule has 0 fully saturated rings. The van der Waals surface area contributed by atoms with E-state index in [4.69, 9.17) is 10.5 Å². The molecule has 19 heavy (non-hydrogen) atoms. The summed E-state index contributed by atoms with van der Waals surface area (Å²) >= 11 is 0. The van der Waals surface area contributed by atoms with E-state index in [0.29, 0.717) is 23.7 Å². The molecule has 0 saturated carbocycles. The van der Waals surface area contributed by atoms with E-state index in [-0.39, 0.29) is 11.9 Å². The van der Waals surface area contributed by atoms with Crippen LogP contribution in [0.1, 0.15) is 19.7 Å². The first kappa shape index (κ1) is 13.1. The van der Waals surface area contributed by atoms with Crippen LogP contribution in [0, 0.1) is 5.82 Å². The van der Waals surface area contributed by atoms with Gasteiger partial charge in [-0.15, -0.1) is 0 Å². The van der Waals surface area contributed by atoms with E-state index in [1.165, 1.54) is 12.4 Å². The van der Waals surface area contributed by atoms with Gasteiger partial charge in [-0.2, -0.15) is 5.10 Å². The van der Waals surface area contributed by atoms with Crippen LogP contribution in [0.3, 0.4) is 0 Å². The van der Waals surface area contributed by atoms with Gasteiger partial charge in [-0.25, -0.2) is 9.37 Å². The molecule has 4 N–H and O–H groups in total. The van der Waals surface area contributed by atoms with Gasteiger partial charge in [-0.1, -0.05) is 0 Å². The number of nitrogens with zero attached hydrogens (tertiary/aromatic N) is 2. The summed E-state index contributed by atoms with van der Waals surface area (Å²) in [6.07, 6.45) is 1.30. The molecule has 0 bridgehead atoms. The maximum Gasteiger partial charge on any atom is 0.167 e. The minimum Gasteiger partial charge on any atom is -0.488 e. The predicted octanol–water partition coefficient (Wildman–Crippen LogP) is 1.93. The Morgan fingerprint density at radius 1 is 1.47 bits per heavy atom. The highest BCUT2D eigenvalue weighted by atomic mass is 19.1. The van der Waals surface area contributed by atoms with Crippen LogP contribution in [0.25, 0.3) is 0 Å². The Bertz CT molecular complexity index is 541. The van der Waals surface area contributed by atoms with Crippen molar-refractivity contribution in [2.75, 3.05) is 11.1 Å². The number of anilines is 2. The highest BCUT2D eigenvalue weighted by molar-refractivity contribution is 5.68. The summed E-state index contributed by atoms with van der Waals surface area (Å²) in [4.78, 5) is 3.97. The molecule has 0 aliphatic carbocycles. The zero-order valence-corrected chi connectivity index (χ0v) is 10.8. The van der Waals surface area contributed by atoms with Crippen molar-refractivity contribution in [3.05, 3.63) is 30.1 Å². The summed E-state index contributed by atoms with van der Waals surface area (Å²) in [6, 6.07) is 2.78. The van der Waals surface area contributed by atoms with Gasteiger partial charge >= 0.3 is 0 Å². The first-order valence-electron chi connectivity index (χ1n) is 5.90. The van der Waals surface area contributed by atoms with Crippen molar-refractivity contribution in [2.45, 2.75) is 26.5 Å². The maximum atomic E-state index is 13.6. The summed E-state index contributed by atoms with van der Waals surface area (Å²) in [6.45, 7) is 4.08. The molecule has 0 aliphatic rings. The van der Waals surface area contributed by atoms with Gasteiger partial charge in [0.05, 0.1) is 24.0 Å². The lowest BCUT2D eigenvalue weighted by Gasteiger charge is -2.14. The van der Waals surface area contributed by atoms with Crippen molar-refractivity contribution >= 4 is 11.4 Å². The summed E-state index contributed by atoms with van der Waals surface area (Å²) in [5, 5.41) is 9.50. The number of hydrogen-bond acceptors (Lipinski definition) is 5. The van der Waals surface area contributed by atoms with E-state index in [1.807, 2.05) is 13.8 Å². The zero-order valence-electron chi connectivity index (χ0n) is 10.8. The molecule has 2 rings (SSSR count). The number of benzene rings is 1. The molecule has 0 spiro atoms. The number of halogens is 1. The molecule has 1 aromatic heterocycles. The number of nitrogens with two attached hydrogens (primary N) is 1. The average Bonchev–Trinajstić information content (AvgIpc) is 2.83. The SMILES string of the molecule is CC(C)Oc1cc(NCc2ncn[nH]2)c(N)cc1F. The van der Waals surface area contributed by atoms with Crippen molar-refractivity contribution in [1.82, 2.24) is 15.2 Å². The third kappa shape index (κ3) is 3.34. The minimum atomic E-state index is -0.476. The second-order valence-corrected chi connectivity index (χ2v) is 4.32. The van der Waals surface area contributed by atoms with Crippen LogP contribution in [-0.2, 0) is 6.54 Å². The standard InChI is InChI=1S/C12H16FN5O/c1-7(2)19-11-4-10(9(14)3-8(11)13)15-5-12-16-6-17-18-12/h3-4,6-7,15H,5,14H2,1-2H3,(H,16,17,18). The molecule has 0 amide bonds. The van der Waals surface area contributed by atoms with Gasteiger partial charge in [0.2, 0.25) is 0 Å². The molecule has 0 atom stereocenters.